The lowest BCUT2D eigenvalue weighted by Crippen LogP contribution is -2.14. The van der Waals surface area contributed by atoms with Crippen molar-refractivity contribution in [3.8, 4) is 0 Å². The number of rotatable bonds is 8. The Labute approximate surface area is 96.9 Å². The van der Waals surface area contributed by atoms with E-state index in [1.165, 1.54) is 36.8 Å². The van der Waals surface area contributed by atoms with E-state index in [0.29, 0.717) is 0 Å². The summed E-state index contributed by atoms with van der Waals surface area (Å²) in [4.78, 5) is 0. The first-order chi connectivity index (χ1) is 7.34. The molecule has 1 aromatic heterocycles. The molecule has 0 aliphatic rings. The molecule has 3 N–H and O–H groups in total. The molecule has 0 bridgehead atoms. The molecule has 1 aromatic rings. The van der Waals surface area contributed by atoms with E-state index in [1.807, 2.05) is 0 Å². The van der Waals surface area contributed by atoms with Crippen LogP contribution in [-0.2, 0) is 6.54 Å². The van der Waals surface area contributed by atoms with E-state index in [9.17, 15) is 0 Å². The van der Waals surface area contributed by atoms with Crippen LogP contribution in [-0.4, -0.2) is 13.1 Å². The predicted octanol–water partition coefficient (Wildman–Crippen LogP) is 2.67. The van der Waals surface area contributed by atoms with Crippen LogP contribution in [0.2, 0.25) is 0 Å². The molecule has 1 heterocycles. The summed E-state index contributed by atoms with van der Waals surface area (Å²) in [5, 5.41) is 7.92. The first kappa shape index (κ1) is 12.7. The fraction of sp³-hybridized carbons (Fsp3) is 0.667. The second-order valence-corrected chi connectivity index (χ2v) is 4.70. The Hall–Kier alpha value is -0.380. The van der Waals surface area contributed by atoms with E-state index < -0.39 is 0 Å². The maximum Gasteiger partial charge on any atom is 0.0216 e. The van der Waals surface area contributed by atoms with Gasteiger partial charge in [-0.25, -0.2) is 0 Å². The van der Waals surface area contributed by atoms with Gasteiger partial charge < -0.3 is 11.1 Å². The monoisotopic (exact) mass is 226 g/mol. The van der Waals surface area contributed by atoms with Crippen LogP contribution in [0.15, 0.2) is 10.8 Å². The maximum atomic E-state index is 5.44. The fourth-order valence-corrected chi connectivity index (χ4v) is 2.40. The van der Waals surface area contributed by atoms with Crippen LogP contribution < -0.4 is 11.1 Å². The lowest BCUT2D eigenvalue weighted by atomic mass is 10.2. The molecule has 0 fully saturated rings. The molecule has 0 aliphatic carbocycles. The van der Waals surface area contributed by atoms with E-state index in [4.69, 9.17) is 5.73 Å². The number of nitrogens with two attached hydrogens (primary N) is 1. The molecule has 0 spiro atoms. The van der Waals surface area contributed by atoms with Crippen molar-refractivity contribution in [1.29, 1.82) is 0 Å². The minimum absolute atomic E-state index is 0.835. The maximum absolute atomic E-state index is 5.44. The van der Waals surface area contributed by atoms with Gasteiger partial charge in [-0.05, 0) is 54.7 Å². The summed E-state index contributed by atoms with van der Waals surface area (Å²) < 4.78 is 0. The summed E-state index contributed by atoms with van der Waals surface area (Å²) >= 11 is 1.79. The van der Waals surface area contributed by atoms with Gasteiger partial charge in [-0.1, -0.05) is 12.8 Å². The summed E-state index contributed by atoms with van der Waals surface area (Å²) in [5.74, 6) is 0. The van der Waals surface area contributed by atoms with Crippen molar-refractivity contribution in [2.45, 2.75) is 39.2 Å². The van der Waals surface area contributed by atoms with Crippen LogP contribution in [0.25, 0.3) is 0 Å². The zero-order valence-electron chi connectivity index (χ0n) is 9.59. The van der Waals surface area contributed by atoms with Crippen LogP contribution in [0.4, 0.5) is 0 Å². The molecule has 0 atom stereocenters. The summed E-state index contributed by atoms with van der Waals surface area (Å²) in [6, 6.07) is 0. The number of nitrogens with one attached hydrogen (secondary N) is 1. The minimum Gasteiger partial charge on any atom is -0.330 e. The van der Waals surface area contributed by atoms with Crippen molar-refractivity contribution in [3.05, 3.63) is 21.9 Å². The predicted molar refractivity (Wildman–Crippen MR) is 68.3 cm³/mol. The molecule has 0 aromatic carbocycles. The molecule has 0 saturated heterocycles. The normalized spacial score (nSPS) is 10.8. The Kier molecular flexibility index (Phi) is 6.64. The van der Waals surface area contributed by atoms with Gasteiger partial charge in [0.2, 0.25) is 0 Å². The van der Waals surface area contributed by atoms with Crippen LogP contribution in [0.5, 0.6) is 0 Å². The van der Waals surface area contributed by atoms with E-state index in [0.717, 1.165) is 19.6 Å². The molecule has 2 nitrogen and oxygen atoms in total. The highest BCUT2D eigenvalue weighted by atomic mass is 32.1. The van der Waals surface area contributed by atoms with Gasteiger partial charge in [0.05, 0.1) is 0 Å². The van der Waals surface area contributed by atoms with E-state index in [-0.39, 0.29) is 0 Å². The topological polar surface area (TPSA) is 38.0 Å². The third kappa shape index (κ3) is 5.30. The first-order valence-corrected chi connectivity index (χ1v) is 6.71. The number of thiophene rings is 1. The molecule has 86 valence electrons. The average Bonchev–Trinajstić information content (AvgIpc) is 2.63. The second kappa shape index (κ2) is 7.85. The van der Waals surface area contributed by atoms with E-state index >= 15 is 0 Å². The zero-order valence-corrected chi connectivity index (χ0v) is 10.4. The van der Waals surface area contributed by atoms with Crippen LogP contribution >= 0.6 is 11.3 Å². The summed E-state index contributed by atoms with van der Waals surface area (Å²) in [6.45, 7) is 5.16. The van der Waals surface area contributed by atoms with Gasteiger partial charge in [0.15, 0.2) is 0 Å². The summed E-state index contributed by atoms with van der Waals surface area (Å²) in [5.41, 5.74) is 8.29. The molecule has 0 aliphatic heterocycles. The Bertz CT molecular complexity index is 258. The van der Waals surface area contributed by atoms with Crippen LogP contribution in [0.3, 0.4) is 0 Å². The molecule has 0 radical (unpaired) electrons. The summed E-state index contributed by atoms with van der Waals surface area (Å²) in [6.07, 6.45) is 5.01. The molecular weight excluding hydrogens is 204 g/mol. The second-order valence-electron chi connectivity index (χ2n) is 3.96. The van der Waals surface area contributed by atoms with Gasteiger partial charge in [0.1, 0.15) is 0 Å². The van der Waals surface area contributed by atoms with Crippen LogP contribution in [0.1, 0.15) is 36.8 Å². The lowest BCUT2D eigenvalue weighted by molar-refractivity contribution is 0.590. The highest BCUT2D eigenvalue weighted by molar-refractivity contribution is 7.08. The van der Waals surface area contributed by atoms with Crippen molar-refractivity contribution in [2.24, 2.45) is 5.73 Å². The van der Waals surface area contributed by atoms with Crippen molar-refractivity contribution in [3.63, 3.8) is 0 Å². The van der Waals surface area contributed by atoms with E-state index in [2.05, 4.69) is 23.0 Å². The van der Waals surface area contributed by atoms with Gasteiger partial charge in [-0.15, -0.1) is 0 Å². The number of hydrogen-bond acceptors (Lipinski definition) is 3. The van der Waals surface area contributed by atoms with Gasteiger partial charge in [0.25, 0.3) is 0 Å². The molecule has 0 saturated carbocycles. The smallest absolute Gasteiger partial charge is 0.0216 e. The Morgan fingerprint density at radius 3 is 2.67 bits per heavy atom. The fourth-order valence-electron chi connectivity index (χ4n) is 1.54. The highest BCUT2D eigenvalue weighted by Crippen LogP contribution is 2.12. The Balaban J connectivity index is 1.96. The van der Waals surface area contributed by atoms with Crippen molar-refractivity contribution in [1.82, 2.24) is 5.32 Å². The standard InChI is InChI=1S/C12H22N2S/c1-11-9-15-10-12(11)8-14-7-5-3-2-4-6-13/h9-10,14H,2-8,13H2,1H3. The number of unbranched alkanes of at least 4 members (excludes halogenated alkanes) is 3. The molecule has 3 heteroatoms. The number of aryl methyl sites for hydroxylation is 1. The SMILES string of the molecule is Cc1cscc1CNCCCCCCN. The molecule has 15 heavy (non-hydrogen) atoms. The lowest BCUT2D eigenvalue weighted by Gasteiger charge is -2.04. The molecule has 0 amide bonds. The van der Waals surface area contributed by atoms with Gasteiger partial charge in [0, 0.05) is 6.54 Å². The number of hydrogen-bond donors (Lipinski definition) is 2. The largest absolute Gasteiger partial charge is 0.330 e. The molecule has 0 unspecified atom stereocenters. The van der Waals surface area contributed by atoms with Crippen LogP contribution in [0, 0.1) is 6.92 Å². The molecular formula is C12H22N2S. The molecule has 1 rings (SSSR count). The van der Waals surface area contributed by atoms with Gasteiger partial charge >= 0.3 is 0 Å². The van der Waals surface area contributed by atoms with Crippen molar-refractivity contribution < 1.29 is 0 Å². The zero-order chi connectivity index (χ0) is 10.9. The average molecular weight is 226 g/mol. The van der Waals surface area contributed by atoms with E-state index in [1.54, 1.807) is 11.3 Å². The Morgan fingerprint density at radius 1 is 1.20 bits per heavy atom. The highest BCUT2D eigenvalue weighted by Gasteiger charge is 1.97. The van der Waals surface area contributed by atoms with Gasteiger partial charge in [-0.3, -0.25) is 0 Å². The van der Waals surface area contributed by atoms with Gasteiger partial charge in [-0.2, -0.15) is 11.3 Å². The van der Waals surface area contributed by atoms with Crippen molar-refractivity contribution >= 4 is 11.3 Å². The minimum atomic E-state index is 0.835. The Morgan fingerprint density at radius 2 is 2.00 bits per heavy atom. The quantitative estimate of drug-likeness (QED) is 0.669. The summed E-state index contributed by atoms with van der Waals surface area (Å²) in [7, 11) is 0. The first-order valence-electron chi connectivity index (χ1n) is 5.77. The third-order valence-electron chi connectivity index (χ3n) is 2.58. The van der Waals surface area contributed by atoms with Crippen molar-refractivity contribution in [2.75, 3.05) is 13.1 Å². The third-order valence-corrected chi connectivity index (χ3v) is 3.49.